The first-order valence-electron chi connectivity index (χ1n) is 8.23. The number of rotatable bonds is 5. The van der Waals surface area contributed by atoms with Crippen LogP contribution in [0.4, 0.5) is 4.79 Å². The second-order valence-electron chi connectivity index (χ2n) is 6.41. The number of benzene rings is 2. The van der Waals surface area contributed by atoms with Crippen molar-refractivity contribution >= 4 is 23.5 Å². The maximum atomic E-state index is 13.2. The van der Waals surface area contributed by atoms with Crippen LogP contribution in [0.5, 0.6) is 0 Å². The van der Waals surface area contributed by atoms with Crippen LogP contribution < -0.4 is 5.32 Å². The SMILES string of the molecule is COC(=O)NCC[C@]1(Cc2ccc(Cl)cc2)Cc2ccccc2C1=O. The smallest absolute Gasteiger partial charge is 0.406 e. The highest BCUT2D eigenvalue weighted by Gasteiger charge is 2.44. The average Bonchev–Trinajstić information content (AvgIpc) is 2.89. The molecule has 0 aromatic heterocycles. The number of amides is 1. The standard InChI is InChI=1S/C20H20ClNO3/c1-25-19(24)22-11-10-20(12-14-6-8-16(21)9-7-14)13-15-4-2-3-5-17(15)18(20)23/h2-9H,10-13H2,1H3,(H,22,24)/t20-/m0/s1. The lowest BCUT2D eigenvalue weighted by molar-refractivity contribution is 0.0801. The van der Waals surface area contributed by atoms with Gasteiger partial charge in [-0.1, -0.05) is 48.0 Å². The molecule has 1 amide bonds. The molecule has 130 valence electrons. The molecule has 0 saturated carbocycles. The van der Waals surface area contributed by atoms with Gasteiger partial charge in [-0.15, -0.1) is 0 Å². The third-order valence-corrected chi connectivity index (χ3v) is 5.04. The van der Waals surface area contributed by atoms with Crippen LogP contribution in [-0.2, 0) is 17.6 Å². The number of alkyl carbamates (subject to hydrolysis) is 1. The van der Waals surface area contributed by atoms with E-state index in [0.717, 1.165) is 16.7 Å². The predicted molar refractivity (Wildman–Crippen MR) is 97.1 cm³/mol. The third kappa shape index (κ3) is 3.69. The van der Waals surface area contributed by atoms with Gasteiger partial charge in [-0.3, -0.25) is 4.79 Å². The van der Waals surface area contributed by atoms with E-state index in [1.807, 2.05) is 48.5 Å². The molecule has 1 aliphatic carbocycles. The number of carbonyl (C=O) groups excluding carboxylic acids is 2. The fourth-order valence-corrected chi connectivity index (χ4v) is 3.65. The van der Waals surface area contributed by atoms with Crippen LogP contribution in [0.3, 0.4) is 0 Å². The number of hydrogen-bond acceptors (Lipinski definition) is 3. The molecule has 0 bridgehead atoms. The summed E-state index contributed by atoms with van der Waals surface area (Å²) in [6.45, 7) is 0.389. The molecule has 0 fully saturated rings. The van der Waals surface area contributed by atoms with Gasteiger partial charge < -0.3 is 10.1 Å². The van der Waals surface area contributed by atoms with Crippen LogP contribution in [0.15, 0.2) is 48.5 Å². The van der Waals surface area contributed by atoms with Crippen molar-refractivity contribution < 1.29 is 14.3 Å². The van der Waals surface area contributed by atoms with Gasteiger partial charge in [0.1, 0.15) is 0 Å². The Labute approximate surface area is 152 Å². The molecule has 0 aliphatic heterocycles. The van der Waals surface area contributed by atoms with E-state index in [4.69, 9.17) is 11.6 Å². The molecule has 2 aromatic carbocycles. The summed E-state index contributed by atoms with van der Waals surface area (Å²) in [5.41, 5.74) is 2.36. The number of carbonyl (C=O) groups is 2. The van der Waals surface area contributed by atoms with Crippen molar-refractivity contribution in [2.75, 3.05) is 13.7 Å². The highest BCUT2D eigenvalue weighted by Crippen LogP contribution is 2.42. The maximum Gasteiger partial charge on any atom is 0.406 e. The molecule has 3 rings (SSSR count). The van der Waals surface area contributed by atoms with Gasteiger partial charge in [-0.25, -0.2) is 4.79 Å². The Morgan fingerprint density at radius 1 is 1.20 bits per heavy atom. The number of hydrogen-bond donors (Lipinski definition) is 1. The average molecular weight is 358 g/mol. The van der Waals surface area contributed by atoms with Gasteiger partial charge in [-0.05, 0) is 42.5 Å². The van der Waals surface area contributed by atoms with Crippen molar-refractivity contribution in [2.24, 2.45) is 5.41 Å². The number of fused-ring (bicyclic) bond motifs is 1. The van der Waals surface area contributed by atoms with E-state index in [1.54, 1.807) is 0 Å². The molecule has 4 nitrogen and oxygen atoms in total. The number of Topliss-reactive ketones (excluding diaryl/α,β-unsaturated/α-hetero) is 1. The Hall–Kier alpha value is -2.33. The molecule has 5 heteroatoms. The van der Waals surface area contributed by atoms with Gasteiger partial charge in [0.15, 0.2) is 5.78 Å². The number of nitrogens with one attached hydrogen (secondary N) is 1. The van der Waals surface area contributed by atoms with Crippen molar-refractivity contribution in [1.29, 1.82) is 0 Å². The zero-order valence-electron chi connectivity index (χ0n) is 14.0. The van der Waals surface area contributed by atoms with Crippen molar-refractivity contribution in [3.8, 4) is 0 Å². The summed E-state index contributed by atoms with van der Waals surface area (Å²) >= 11 is 5.97. The molecule has 2 aromatic rings. The molecule has 25 heavy (non-hydrogen) atoms. The van der Waals surface area contributed by atoms with Crippen molar-refractivity contribution in [3.05, 3.63) is 70.2 Å². The van der Waals surface area contributed by atoms with Crippen LogP contribution >= 0.6 is 11.6 Å². The highest BCUT2D eigenvalue weighted by atomic mass is 35.5. The molecular formula is C20H20ClNO3. The van der Waals surface area contributed by atoms with Gasteiger partial charge in [0.05, 0.1) is 7.11 Å². The third-order valence-electron chi connectivity index (χ3n) is 4.79. The summed E-state index contributed by atoms with van der Waals surface area (Å²) in [7, 11) is 1.33. The predicted octanol–water partition coefficient (Wildman–Crippen LogP) is 4.05. The van der Waals surface area contributed by atoms with Crippen LogP contribution in [0.2, 0.25) is 5.02 Å². The summed E-state index contributed by atoms with van der Waals surface area (Å²) < 4.78 is 4.62. The zero-order chi connectivity index (χ0) is 17.9. The first kappa shape index (κ1) is 17.5. The van der Waals surface area contributed by atoms with Crippen LogP contribution in [-0.4, -0.2) is 25.5 Å². The number of methoxy groups -OCH3 is 1. The molecule has 1 N–H and O–H groups in total. The summed E-state index contributed by atoms with van der Waals surface area (Å²) in [6, 6.07) is 15.3. The Morgan fingerprint density at radius 3 is 2.60 bits per heavy atom. The lowest BCUT2D eigenvalue weighted by Crippen LogP contribution is -2.36. The van der Waals surface area contributed by atoms with Crippen LogP contribution in [0.1, 0.15) is 27.9 Å². The van der Waals surface area contributed by atoms with E-state index in [1.165, 1.54) is 7.11 Å². The lowest BCUT2D eigenvalue weighted by Gasteiger charge is -2.28. The van der Waals surface area contributed by atoms with E-state index in [0.29, 0.717) is 30.8 Å². The quantitative estimate of drug-likeness (QED) is 0.878. The monoisotopic (exact) mass is 357 g/mol. The molecular weight excluding hydrogens is 338 g/mol. The van der Waals surface area contributed by atoms with Crippen molar-refractivity contribution in [3.63, 3.8) is 0 Å². The van der Waals surface area contributed by atoms with Crippen LogP contribution in [0, 0.1) is 5.41 Å². The first-order valence-corrected chi connectivity index (χ1v) is 8.61. The van der Waals surface area contributed by atoms with Gasteiger partial charge in [0.2, 0.25) is 0 Å². The maximum absolute atomic E-state index is 13.2. The second kappa shape index (κ2) is 7.28. The minimum Gasteiger partial charge on any atom is -0.453 e. The molecule has 0 heterocycles. The topological polar surface area (TPSA) is 55.4 Å². The molecule has 0 spiro atoms. The molecule has 1 atom stereocenters. The van der Waals surface area contributed by atoms with E-state index in [2.05, 4.69) is 10.1 Å². The van der Waals surface area contributed by atoms with Gasteiger partial charge >= 0.3 is 6.09 Å². The largest absolute Gasteiger partial charge is 0.453 e. The number of halogens is 1. The van der Waals surface area contributed by atoms with Gasteiger partial charge in [0, 0.05) is 22.5 Å². The first-order chi connectivity index (χ1) is 12.0. The summed E-state index contributed by atoms with van der Waals surface area (Å²) in [5, 5.41) is 3.36. The summed E-state index contributed by atoms with van der Waals surface area (Å²) in [6.07, 6.45) is 1.36. The minimum absolute atomic E-state index is 0.143. The molecule has 0 saturated heterocycles. The normalized spacial score (nSPS) is 18.7. The lowest BCUT2D eigenvalue weighted by atomic mass is 9.75. The fourth-order valence-electron chi connectivity index (χ4n) is 3.53. The molecule has 0 unspecified atom stereocenters. The summed E-state index contributed by atoms with van der Waals surface area (Å²) in [4.78, 5) is 24.5. The van der Waals surface area contributed by atoms with E-state index in [9.17, 15) is 9.59 Å². The Kier molecular flexibility index (Phi) is 5.09. The van der Waals surface area contributed by atoms with E-state index < -0.39 is 11.5 Å². The fraction of sp³-hybridized carbons (Fsp3) is 0.300. The van der Waals surface area contributed by atoms with Crippen molar-refractivity contribution in [1.82, 2.24) is 5.32 Å². The van der Waals surface area contributed by atoms with Crippen LogP contribution in [0.25, 0.3) is 0 Å². The number of ether oxygens (including phenoxy) is 1. The minimum atomic E-state index is -0.557. The Balaban J connectivity index is 1.85. The van der Waals surface area contributed by atoms with Crippen molar-refractivity contribution in [2.45, 2.75) is 19.3 Å². The van der Waals surface area contributed by atoms with Gasteiger partial charge in [0.25, 0.3) is 0 Å². The Morgan fingerprint density at radius 2 is 1.92 bits per heavy atom. The number of ketones is 1. The molecule has 1 aliphatic rings. The van der Waals surface area contributed by atoms with E-state index in [-0.39, 0.29) is 5.78 Å². The summed E-state index contributed by atoms with van der Waals surface area (Å²) in [5.74, 6) is 0.143. The second-order valence-corrected chi connectivity index (χ2v) is 6.85. The van der Waals surface area contributed by atoms with E-state index >= 15 is 0 Å². The highest BCUT2D eigenvalue weighted by molar-refractivity contribution is 6.30. The molecule has 0 radical (unpaired) electrons. The van der Waals surface area contributed by atoms with Gasteiger partial charge in [-0.2, -0.15) is 0 Å². The zero-order valence-corrected chi connectivity index (χ0v) is 14.8. The Bertz CT molecular complexity index is 788.